The van der Waals surface area contributed by atoms with Crippen LogP contribution in [0.1, 0.15) is 22.0 Å². The Kier molecular flexibility index (Phi) is 9.30. The largest absolute Gasteiger partial charge is 1.00 e. The molecule has 0 fully saturated rings. The number of phosphoric acid groups is 1. The van der Waals surface area contributed by atoms with Crippen LogP contribution in [0.25, 0.3) is 0 Å². The fourth-order valence-electron chi connectivity index (χ4n) is 1.92. The Labute approximate surface area is 174 Å². The first kappa shape index (κ1) is 22.8. The van der Waals surface area contributed by atoms with Crippen molar-refractivity contribution in [3.8, 4) is 5.75 Å². The van der Waals surface area contributed by atoms with Gasteiger partial charge in [-0.3, -0.25) is 0 Å². The van der Waals surface area contributed by atoms with E-state index in [0.717, 1.165) is 12.1 Å². The number of carbonyl (C=O) groups excluding carboxylic acids is 1. The Morgan fingerprint density at radius 2 is 2.04 bits per heavy atom. The summed E-state index contributed by atoms with van der Waals surface area (Å²) in [6, 6.07) is 7.13. The molecule has 0 aliphatic rings. The van der Waals surface area contributed by atoms with Gasteiger partial charge in [0.15, 0.2) is 0 Å². The van der Waals surface area contributed by atoms with Crippen molar-refractivity contribution in [2.24, 2.45) is 0 Å². The standard InChI is InChI=1S/C14H14F2NO5PTe.Na/c15-14(16)11-8-9(3-5-12(11)22-23(19,20)21)17-13(18)6-4-10-2-1-7-24-10;/h1-3,5,7-8,14H,4,6H2,(H,17,18)(H2,19,20,21);/q;+1. The van der Waals surface area contributed by atoms with E-state index < -0.39 is 25.6 Å². The number of rotatable bonds is 7. The quantitative estimate of drug-likeness (QED) is 0.363. The summed E-state index contributed by atoms with van der Waals surface area (Å²) in [6.07, 6.45) is -2.14. The molecule has 130 valence electrons. The Balaban J connectivity index is 0.00000312. The van der Waals surface area contributed by atoms with Crippen LogP contribution in [0.3, 0.4) is 0 Å². The van der Waals surface area contributed by atoms with Crippen molar-refractivity contribution in [3.63, 3.8) is 0 Å². The number of halogens is 2. The molecule has 0 aliphatic heterocycles. The van der Waals surface area contributed by atoms with Crippen molar-refractivity contribution in [3.05, 3.63) is 43.6 Å². The van der Waals surface area contributed by atoms with Crippen molar-refractivity contribution in [2.45, 2.75) is 19.3 Å². The van der Waals surface area contributed by atoms with E-state index >= 15 is 0 Å². The Morgan fingerprint density at radius 3 is 2.60 bits per heavy atom. The molecule has 11 heteroatoms. The summed E-state index contributed by atoms with van der Waals surface area (Å²) < 4.78 is 44.4. The minimum atomic E-state index is -4.95. The maximum Gasteiger partial charge on any atom is 1.00 e. The second kappa shape index (κ2) is 10.2. The molecule has 0 spiro atoms. The monoisotopic (exact) mass is 498 g/mol. The number of hydrogen-bond acceptors (Lipinski definition) is 3. The molecule has 0 unspecified atom stereocenters. The average Bonchev–Trinajstić information content (AvgIpc) is 2.98. The molecule has 1 aromatic heterocycles. The zero-order valence-corrected chi connectivity index (χ0v) is 18.4. The van der Waals surface area contributed by atoms with Gasteiger partial charge in [0.05, 0.1) is 0 Å². The van der Waals surface area contributed by atoms with Gasteiger partial charge in [0.2, 0.25) is 0 Å². The SMILES string of the molecule is O=C(CCc1ccc[te]1)Nc1ccc(OP(=O)(O)O)c(C(F)F)c1.[Na+]. The molecule has 0 aliphatic carbocycles. The number of anilines is 1. The van der Waals surface area contributed by atoms with E-state index in [1.54, 1.807) is 0 Å². The van der Waals surface area contributed by atoms with Gasteiger partial charge in [-0.05, 0) is 0 Å². The number of benzene rings is 1. The van der Waals surface area contributed by atoms with Crippen LogP contribution in [-0.4, -0.2) is 36.1 Å². The number of carbonyl (C=O) groups is 1. The molecule has 3 N–H and O–H groups in total. The van der Waals surface area contributed by atoms with Gasteiger partial charge in [-0.2, -0.15) is 0 Å². The van der Waals surface area contributed by atoms with E-state index in [1.807, 2.05) is 12.1 Å². The molecule has 0 saturated carbocycles. The second-order valence-electron chi connectivity index (χ2n) is 4.76. The van der Waals surface area contributed by atoms with Crippen LogP contribution in [0.15, 0.2) is 34.4 Å². The minimum absolute atomic E-state index is 0. The average molecular weight is 496 g/mol. The molecule has 6 nitrogen and oxygen atoms in total. The first-order valence-electron chi connectivity index (χ1n) is 6.74. The Morgan fingerprint density at radius 1 is 1.32 bits per heavy atom. The molecular formula is C14H14F2NNaO5PTe+. The summed E-state index contributed by atoms with van der Waals surface area (Å²) in [7, 11) is -4.95. The number of hydrogen-bond donors (Lipinski definition) is 3. The van der Waals surface area contributed by atoms with Gasteiger partial charge in [-0.1, -0.05) is 0 Å². The summed E-state index contributed by atoms with van der Waals surface area (Å²) in [4.78, 5) is 29.3. The number of alkyl halides is 2. The first-order valence-corrected chi connectivity index (χ1v) is 10.8. The van der Waals surface area contributed by atoms with Crippen LogP contribution < -0.4 is 39.4 Å². The third-order valence-corrected chi connectivity index (χ3v) is 6.03. The molecule has 2 rings (SSSR count). The van der Waals surface area contributed by atoms with Gasteiger partial charge < -0.3 is 0 Å². The predicted molar refractivity (Wildman–Crippen MR) is 84.4 cm³/mol. The molecule has 2 aromatic rings. The van der Waals surface area contributed by atoms with Crippen LogP contribution in [0.5, 0.6) is 5.75 Å². The number of amides is 1. The van der Waals surface area contributed by atoms with Crippen LogP contribution in [0.4, 0.5) is 14.5 Å². The Bertz CT molecular complexity index is 754. The molecular weight excluding hydrogens is 482 g/mol. The molecule has 25 heavy (non-hydrogen) atoms. The van der Waals surface area contributed by atoms with Gasteiger partial charge in [-0.25, -0.2) is 0 Å². The summed E-state index contributed by atoms with van der Waals surface area (Å²) in [5.74, 6) is -0.941. The van der Waals surface area contributed by atoms with Gasteiger partial charge in [0.25, 0.3) is 0 Å². The van der Waals surface area contributed by atoms with Gasteiger partial charge in [0, 0.05) is 0 Å². The van der Waals surface area contributed by atoms with Crippen LogP contribution >= 0.6 is 7.82 Å². The Hall–Kier alpha value is -0.230. The van der Waals surface area contributed by atoms with E-state index in [0.29, 0.717) is 6.42 Å². The third kappa shape index (κ3) is 7.90. The van der Waals surface area contributed by atoms with Crippen molar-refractivity contribution in [2.75, 3.05) is 5.32 Å². The fourth-order valence-corrected chi connectivity index (χ4v) is 4.37. The van der Waals surface area contributed by atoms with Crippen molar-refractivity contribution in [1.29, 1.82) is 0 Å². The number of nitrogens with one attached hydrogen (secondary N) is 1. The maximum atomic E-state index is 13.0. The number of aryl methyl sites for hydroxylation is 1. The fraction of sp³-hybridized carbons (Fsp3) is 0.214. The van der Waals surface area contributed by atoms with Crippen LogP contribution in [0, 0.1) is 0 Å². The molecule has 0 radical (unpaired) electrons. The number of phosphoric ester groups is 1. The van der Waals surface area contributed by atoms with Gasteiger partial charge in [-0.15, -0.1) is 0 Å². The van der Waals surface area contributed by atoms with Gasteiger partial charge in [0.1, 0.15) is 0 Å². The van der Waals surface area contributed by atoms with E-state index in [2.05, 4.69) is 13.9 Å². The van der Waals surface area contributed by atoms with Gasteiger partial charge >= 0.3 is 176 Å². The molecule has 1 amide bonds. The topological polar surface area (TPSA) is 95.9 Å². The zero-order chi connectivity index (χ0) is 17.7. The molecule has 0 bridgehead atoms. The van der Waals surface area contributed by atoms with E-state index in [1.165, 1.54) is 9.65 Å². The molecule has 1 aromatic carbocycles. The smallest absolute Gasteiger partial charge is 1.00 e. The van der Waals surface area contributed by atoms with Crippen LogP contribution in [-0.2, 0) is 15.8 Å². The van der Waals surface area contributed by atoms with Crippen LogP contribution in [0.2, 0.25) is 0 Å². The van der Waals surface area contributed by atoms with Crippen molar-refractivity contribution >= 4 is 39.8 Å². The molecule has 0 atom stereocenters. The summed E-state index contributed by atoms with van der Waals surface area (Å²) >= 11 is -0.309. The minimum Gasteiger partial charge on any atom is 1.00 e. The van der Waals surface area contributed by atoms with E-state index in [9.17, 15) is 18.1 Å². The third-order valence-electron chi connectivity index (χ3n) is 2.92. The molecule has 0 saturated heterocycles. The summed E-state index contributed by atoms with van der Waals surface area (Å²) in [5.41, 5.74) is -0.589. The normalized spacial score (nSPS) is 11.1. The van der Waals surface area contributed by atoms with Crippen molar-refractivity contribution < 1.29 is 62.0 Å². The summed E-state index contributed by atoms with van der Waals surface area (Å²) in [6.45, 7) is 0. The first-order chi connectivity index (χ1) is 11.2. The van der Waals surface area contributed by atoms with E-state index in [-0.39, 0.29) is 68.0 Å². The summed E-state index contributed by atoms with van der Waals surface area (Å²) in [5, 5.41) is 2.50. The second-order valence-corrected chi connectivity index (χ2v) is 8.87. The van der Waals surface area contributed by atoms with Crippen molar-refractivity contribution in [1.82, 2.24) is 0 Å². The zero-order valence-electron chi connectivity index (χ0n) is 13.2. The molecule has 1 heterocycles. The van der Waals surface area contributed by atoms with E-state index in [4.69, 9.17) is 9.79 Å². The predicted octanol–water partition coefficient (Wildman–Crippen LogP) is -0.272. The maximum absolute atomic E-state index is 13.0.